The van der Waals surface area contributed by atoms with Crippen LogP contribution >= 0.6 is 0 Å². The number of urea groups is 1. The number of nitrogens with one attached hydrogen (secondary N) is 1. The number of benzene rings is 2. The molecule has 2 fully saturated rings. The first-order chi connectivity index (χ1) is 13.5. The number of anilines is 1. The molecule has 2 aliphatic heterocycles. The van der Waals surface area contributed by atoms with E-state index in [4.69, 9.17) is 4.84 Å². The predicted octanol–water partition coefficient (Wildman–Crippen LogP) is 3.56. The smallest absolute Gasteiger partial charge is 0.321 e. The molecule has 0 radical (unpaired) electrons. The van der Waals surface area contributed by atoms with E-state index in [-0.39, 0.29) is 11.9 Å². The predicted molar refractivity (Wildman–Crippen MR) is 102 cm³/mol. The van der Waals surface area contributed by atoms with E-state index in [0.29, 0.717) is 44.6 Å². The van der Waals surface area contributed by atoms with Crippen molar-refractivity contribution in [3.63, 3.8) is 0 Å². The van der Waals surface area contributed by atoms with Gasteiger partial charge in [0.1, 0.15) is 11.4 Å². The number of hydrogen-bond donors (Lipinski definition) is 1. The van der Waals surface area contributed by atoms with E-state index in [2.05, 4.69) is 5.32 Å². The monoisotopic (exact) mass is 383 g/mol. The normalized spacial score (nSPS) is 18.5. The number of hydrogen-bond acceptors (Lipinski definition) is 3. The van der Waals surface area contributed by atoms with E-state index in [0.717, 1.165) is 5.56 Å². The van der Waals surface area contributed by atoms with Gasteiger partial charge in [-0.15, -0.1) is 0 Å². The van der Waals surface area contributed by atoms with Gasteiger partial charge in [-0.2, -0.15) is 0 Å². The molecule has 6 nitrogen and oxygen atoms in total. The van der Waals surface area contributed by atoms with Gasteiger partial charge in [0, 0.05) is 18.8 Å². The van der Waals surface area contributed by atoms with Crippen molar-refractivity contribution < 1.29 is 18.8 Å². The lowest BCUT2D eigenvalue weighted by atomic mass is 9.89. The fraction of sp³-hybridized carbons (Fsp3) is 0.333. The first-order valence-corrected chi connectivity index (χ1v) is 9.38. The Morgan fingerprint density at radius 1 is 1.11 bits per heavy atom. The van der Waals surface area contributed by atoms with E-state index < -0.39 is 11.4 Å². The second-order valence-corrected chi connectivity index (χ2v) is 7.29. The van der Waals surface area contributed by atoms with Gasteiger partial charge in [0.15, 0.2) is 0 Å². The molecule has 2 saturated heterocycles. The standard InChI is InChI=1S/C21H22FN3O3/c22-17-7-4-8-18(13-17)23-20(27)24-11-9-21(10-12-24)14-19(26)25(28-21)15-16-5-2-1-3-6-16/h1-8,13H,9-12,14-15H2,(H,23,27). The molecule has 1 N–H and O–H groups in total. The van der Waals surface area contributed by atoms with Crippen LogP contribution in [0.1, 0.15) is 24.8 Å². The molecule has 146 valence electrons. The molecule has 0 bridgehead atoms. The lowest BCUT2D eigenvalue weighted by Gasteiger charge is -2.37. The summed E-state index contributed by atoms with van der Waals surface area (Å²) in [7, 11) is 0. The minimum Gasteiger partial charge on any atom is -0.324 e. The Bertz CT molecular complexity index is 866. The Kier molecular flexibility index (Phi) is 5.00. The molecule has 0 aromatic heterocycles. The number of carbonyl (C=O) groups excluding carboxylic acids is 2. The number of piperidine rings is 1. The van der Waals surface area contributed by atoms with Crippen LogP contribution in [0.25, 0.3) is 0 Å². The minimum atomic E-state index is -0.540. The minimum absolute atomic E-state index is 0.0264. The maximum Gasteiger partial charge on any atom is 0.321 e. The first kappa shape index (κ1) is 18.4. The number of amides is 3. The van der Waals surface area contributed by atoms with Crippen molar-refractivity contribution in [2.24, 2.45) is 0 Å². The van der Waals surface area contributed by atoms with E-state index in [1.165, 1.54) is 17.2 Å². The summed E-state index contributed by atoms with van der Waals surface area (Å²) >= 11 is 0. The molecular weight excluding hydrogens is 361 g/mol. The number of likely N-dealkylation sites (tertiary alicyclic amines) is 1. The number of halogens is 1. The number of nitrogens with zero attached hydrogens (tertiary/aromatic N) is 2. The Labute approximate surface area is 162 Å². The van der Waals surface area contributed by atoms with Crippen LogP contribution in [0, 0.1) is 5.82 Å². The zero-order chi connectivity index (χ0) is 19.6. The zero-order valence-corrected chi connectivity index (χ0v) is 15.4. The Hall–Kier alpha value is -2.93. The van der Waals surface area contributed by atoms with Crippen LogP contribution < -0.4 is 5.32 Å². The molecule has 3 amide bonds. The van der Waals surface area contributed by atoms with Crippen LogP contribution in [-0.2, 0) is 16.2 Å². The first-order valence-electron chi connectivity index (χ1n) is 9.38. The second kappa shape index (κ2) is 7.59. The fourth-order valence-corrected chi connectivity index (χ4v) is 3.70. The number of hydroxylamine groups is 2. The van der Waals surface area contributed by atoms with Gasteiger partial charge in [-0.25, -0.2) is 14.2 Å². The van der Waals surface area contributed by atoms with Crippen molar-refractivity contribution in [3.05, 3.63) is 66.0 Å². The van der Waals surface area contributed by atoms with E-state index in [1.807, 2.05) is 30.3 Å². The zero-order valence-electron chi connectivity index (χ0n) is 15.4. The van der Waals surface area contributed by atoms with Gasteiger partial charge in [-0.1, -0.05) is 36.4 Å². The molecule has 0 atom stereocenters. The van der Waals surface area contributed by atoms with Gasteiger partial charge in [0.05, 0.1) is 13.0 Å². The second-order valence-electron chi connectivity index (χ2n) is 7.29. The summed E-state index contributed by atoms with van der Waals surface area (Å²) in [5.74, 6) is -0.423. The third-order valence-electron chi connectivity index (χ3n) is 5.26. The van der Waals surface area contributed by atoms with Crippen molar-refractivity contribution >= 4 is 17.6 Å². The number of carbonyl (C=O) groups is 2. The molecule has 2 aromatic rings. The van der Waals surface area contributed by atoms with E-state index in [1.54, 1.807) is 17.0 Å². The molecule has 1 spiro atoms. The Balaban J connectivity index is 1.33. The van der Waals surface area contributed by atoms with E-state index >= 15 is 0 Å². The molecule has 2 heterocycles. The highest BCUT2D eigenvalue weighted by Gasteiger charge is 2.47. The number of rotatable bonds is 3. The molecule has 0 saturated carbocycles. The summed E-state index contributed by atoms with van der Waals surface area (Å²) in [6, 6.07) is 15.3. The average molecular weight is 383 g/mol. The lowest BCUT2D eigenvalue weighted by Crippen LogP contribution is -2.48. The molecule has 2 aliphatic rings. The molecule has 0 unspecified atom stereocenters. The molecule has 0 aliphatic carbocycles. The van der Waals surface area contributed by atoms with Gasteiger partial charge in [0.2, 0.25) is 5.91 Å². The average Bonchev–Trinajstić information content (AvgIpc) is 2.98. The molecule has 28 heavy (non-hydrogen) atoms. The van der Waals surface area contributed by atoms with Crippen LogP contribution in [0.4, 0.5) is 14.9 Å². The highest BCUT2D eigenvalue weighted by molar-refractivity contribution is 5.89. The van der Waals surface area contributed by atoms with Crippen LogP contribution in [0.2, 0.25) is 0 Å². The van der Waals surface area contributed by atoms with Crippen molar-refractivity contribution in [2.75, 3.05) is 18.4 Å². The maximum atomic E-state index is 13.3. The summed E-state index contributed by atoms with van der Waals surface area (Å²) in [5, 5.41) is 4.15. The van der Waals surface area contributed by atoms with Gasteiger partial charge < -0.3 is 10.2 Å². The lowest BCUT2D eigenvalue weighted by molar-refractivity contribution is -0.212. The van der Waals surface area contributed by atoms with Crippen LogP contribution in [0.3, 0.4) is 0 Å². The van der Waals surface area contributed by atoms with Crippen molar-refractivity contribution in [1.82, 2.24) is 9.96 Å². The SMILES string of the molecule is O=C(Nc1cccc(F)c1)N1CCC2(CC1)CC(=O)N(Cc1ccccc1)O2. The fourth-order valence-electron chi connectivity index (χ4n) is 3.70. The largest absolute Gasteiger partial charge is 0.324 e. The molecule has 4 rings (SSSR count). The highest BCUT2D eigenvalue weighted by atomic mass is 19.1. The summed E-state index contributed by atoms with van der Waals surface area (Å²) in [6.07, 6.45) is 1.50. The summed E-state index contributed by atoms with van der Waals surface area (Å²) < 4.78 is 13.3. The van der Waals surface area contributed by atoms with Crippen LogP contribution in [0.15, 0.2) is 54.6 Å². The third kappa shape index (κ3) is 3.99. The van der Waals surface area contributed by atoms with Crippen molar-refractivity contribution in [2.45, 2.75) is 31.4 Å². The van der Waals surface area contributed by atoms with E-state index in [9.17, 15) is 14.0 Å². The summed E-state index contributed by atoms with van der Waals surface area (Å²) in [5.41, 5.74) is 0.896. The van der Waals surface area contributed by atoms with Crippen molar-refractivity contribution in [3.8, 4) is 0 Å². The molecular formula is C21H22FN3O3. The highest BCUT2D eigenvalue weighted by Crippen LogP contribution is 2.37. The van der Waals surface area contributed by atoms with Gasteiger partial charge in [0.25, 0.3) is 0 Å². The quantitative estimate of drug-likeness (QED) is 0.882. The Morgan fingerprint density at radius 3 is 2.57 bits per heavy atom. The summed E-state index contributed by atoms with van der Waals surface area (Å²) in [4.78, 5) is 32.6. The topological polar surface area (TPSA) is 61.9 Å². The molecule has 7 heteroatoms. The van der Waals surface area contributed by atoms with Crippen LogP contribution in [-0.4, -0.2) is 40.6 Å². The summed E-state index contributed by atoms with van der Waals surface area (Å²) in [6.45, 7) is 1.38. The maximum absolute atomic E-state index is 13.3. The van der Waals surface area contributed by atoms with Crippen molar-refractivity contribution in [1.29, 1.82) is 0 Å². The van der Waals surface area contributed by atoms with Gasteiger partial charge in [-0.05, 0) is 36.6 Å². The van der Waals surface area contributed by atoms with Gasteiger partial charge in [-0.3, -0.25) is 9.63 Å². The van der Waals surface area contributed by atoms with Gasteiger partial charge >= 0.3 is 6.03 Å². The third-order valence-corrected chi connectivity index (χ3v) is 5.26. The Morgan fingerprint density at radius 2 is 1.86 bits per heavy atom. The van der Waals surface area contributed by atoms with Crippen LogP contribution in [0.5, 0.6) is 0 Å². The molecule has 2 aromatic carbocycles.